The smallest absolute Gasteiger partial charge is 0.294 e. The molecule has 9 heteroatoms. The predicted molar refractivity (Wildman–Crippen MR) is 137 cm³/mol. The maximum atomic E-state index is 13.9. The first-order chi connectivity index (χ1) is 18.5. The van der Waals surface area contributed by atoms with E-state index in [2.05, 4.69) is 0 Å². The van der Waals surface area contributed by atoms with Gasteiger partial charge in [0.15, 0.2) is 34.4 Å². The minimum absolute atomic E-state index is 0.0302. The number of rotatable bonds is 7. The summed E-state index contributed by atoms with van der Waals surface area (Å²) >= 11 is 0. The standard InChI is InChI=1S/C29H23NO8/c1-3-35-19-8-4-6-16(12-19)25-24(26(31)23-13-17-7-5-9-21(34-2)28(17)38-23)27(32)29(33)30(25)18-10-11-20-22(14-18)37-15-36-20/h4-14,25,32H,3,15H2,1-2H3. The fraction of sp³-hybridized carbons (Fsp3) is 0.172. The van der Waals surface area contributed by atoms with Crippen molar-refractivity contribution in [1.82, 2.24) is 0 Å². The van der Waals surface area contributed by atoms with Gasteiger partial charge >= 0.3 is 0 Å². The normalized spacial score (nSPS) is 16.4. The summed E-state index contributed by atoms with van der Waals surface area (Å²) in [5, 5.41) is 11.8. The van der Waals surface area contributed by atoms with Crippen LogP contribution in [0.3, 0.4) is 0 Å². The molecule has 1 amide bonds. The van der Waals surface area contributed by atoms with E-state index in [9.17, 15) is 14.7 Å². The van der Waals surface area contributed by atoms with E-state index in [0.717, 1.165) is 0 Å². The number of carbonyl (C=O) groups excluding carboxylic acids is 2. The van der Waals surface area contributed by atoms with Crippen LogP contribution in [0.2, 0.25) is 0 Å². The molecule has 3 aromatic carbocycles. The Labute approximate surface area is 217 Å². The van der Waals surface area contributed by atoms with Crippen LogP contribution in [0, 0.1) is 0 Å². The number of nitrogens with zero attached hydrogens (tertiary/aromatic N) is 1. The summed E-state index contributed by atoms with van der Waals surface area (Å²) in [5.74, 6) is -0.0122. The lowest BCUT2D eigenvalue weighted by atomic mass is 9.94. The molecule has 38 heavy (non-hydrogen) atoms. The summed E-state index contributed by atoms with van der Waals surface area (Å²) in [5.41, 5.74) is 1.28. The van der Waals surface area contributed by atoms with Gasteiger partial charge in [-0.25, -0.2) is 0 Å². The highest BCUT2D eigenvalue weighted by molar-refractivity contribution is 6.20. The number of hydrogen-bond donors (Lipinski definition) is 1. The quantitative estimate of drug-likeness (QED) is 0.330. The fourth-order valence-electron chi connectivity index (χ4n) is 4.84. The lowest BCUT2D eigenvalue weighted by molar-refractivity contribution is -0.117. The number of benzene rings is 3. The molecule has 1 unspecified atom stereocenters. The monoisotopic (exact) mass is 513 g/mol. The van der Waals surface area contributed by atoms with Gasteiger partial charge in [0.25, 0.3) is 5.91 Å². The van der Waals surface area contributed by atoms with Crippen molar-refractivity contribution >= 4 is 28.3 Å². The maximum absolute atomic E-state index is 13.9. The molecule has 3 heterocycles. The molecule has 192 valence electrons. The number of hydrogen-bond acceptors (Lipinski definition) is 8. The second-order valence-electron chi connectivity index (χ2n) is 8.70. The zero-order valence-corrected chi connectivity index (χ0v) is 20.6. The lowest BCUT2D eigenvalue weighted by Crippen LogP contribution is -2.31. The van der Waals surface area contributed by atoms with Crippen LogP contribution in [0.4, 0.5) is 5.69 Å². The SMILES string of the molecule is CCOc1cccc(C2C(C(=O)c3cc4cccc(OC)c4o3)=C(O)C(=O)N2c2ccc3c(c2)OCO3)c1. The van der Waals surface area contributed by atoms with Crippen molar-refractivity contribution in [3.05, 3.63) is 89.4 Å². The van der Waals surface area contributed by atoms with Crippen LogP contribution in [-0.4, -0.2) is 37.3 Å². The summed E-state index contributed by atoms with van der Waals surface area (Å²) in [7, 11) is 1.51. The van der Waals surface area contributed by atoms with Gasteiger partial charge in [0.1, 0.15) is 5.75 Å². The molecule has 2 aliphatic heterocycles. The third kappa shape index (κ3) is 3.71. The molecule has 4 aromatic rings. The van der Waals surface area contributed by atoms with Crippen LogP contribution in [-0.2, 0) is 4.79 Å². The number of carbonyl (C=O) groups is 2. The van der Waals surface area contributed by atoms with E-state index in [-0.39, 0.29) is 18.1 Å². The van der Waals surface area contributed by atoms with E-state index in [4.69, 9.17) is 23.4 Å². The second kappa shape index (κ2) is 9.19. The van der Waals surface area contributed by atoms with E-state index in [1.807, 2.05) is 6.92 Å². The summed E-state index contributed by atoms with van der Waals surface area (Å²) < 4.78 is 27.8. The number of fused-ring (bicyclic) bond motifs is 2. The van der Waals surface area contributed by atoms with Crippen LogP contribution in [0.5, 0.6) is 23.0 Å². The van der Waals surface area contributed by atoms with E-state index < -0.39 is 23.5 Å². The van der Waals surface area contributed by atoms with Crippen molar-refractivity contribution in [3.63, 3.8) is 0 Å². The summed E-state index contributed by atoms with van der Waals surface area (Å²) in [6.07, 6.45) is 0. The van der Waals surface area contributed by atoms with Crippen molar-refractivity contribution in [2.45, 2.75) is 13.0 Å². The number of ether oxygens (including phenoxy) is 4. The molecule has 1 aromatic heterocycles. The van der Waals surface area contributed by atoms with Crippen LogP contribution in [0.15, 0.2) is 82.5 Å². The van der Waals surface area contributed by atoms with Gasteiger partial charge < -0.3 is 28.5 Å². The number of aliphatic hydroxyl groups excluding tert-OH is 1. The van der Waals surface area contributed by atoms with Crippen molar-refractivity contribution in [1.29, 1.82) is 0 Å². The Hall–Kier alpha value is -4.92. The van der Waals surface area contributed by atoms with Gasteiger partial charge in [-0.2, -0.15) is 0 Å². The number of aliphatic hydroxyl groups is 1. The topological polar surface area (TPSA) is 108 Å². The molecule has 0 saturated heterocycles. The Kier molecular flexibility index (Phi) is 5.68. The Balaban J connectivity index is 1.49. The first-order valence-corrected chi connectivity index (χ1v) is 12.0. The Morgan fingerprint density at radius 2 is 1.87 bits per heavy atom. The van der Waals surface area contributed by atoms with Crippen LogP contribution >= 0.6 is 0 Å². The molecule has 6 rings (SSSR count). The number of para-hydroxylation sites is 1. The molecule has 0 spiro atoms. The summed E-state index contributed by atoms with van der Waals surface area (Å²) in [6, 6.07) is 18.0. The highest BCUT2D eigenvalue weighted by Gasteiger charge is 2.46. The molecule has 1 atom stereocenters. The van der Waals surface area contributed by atoms with Crippen LogP contribution in [0.1, 0.15) is 29.1 Å². The molecule has 1 N–H and O–H groups in total. The van der Waals surface area contributed by atoms with Crippen LogP contribution in [0.25, 0.3) is 11.0 Å². The predicted octanol–water partition coefficient (Wildman–Crippen LogP) is 5.35. The Bertz CT molecular complexity index is 1620. The fourth-order valence-corrected chi connectivity index (χ4v) is 4.84. The molecule has 0 saturated carbocycles. The van der Waals surface area contributed by atoms with Gasteiger partial charge in [0, 0.05) is 17.1 Å². The van der Waals surface area contributed by atoms with Gasteiger partial charge in [0.05, 0.1) is 25.3 Å². The first kappa shape index (κ1) is 23.5. The van der Waals surface area contributed by atoms with Gasteiger partial charge in [0.2, 0.25) is 12.6 Å². The Morgan fingerprint density at radius 3 is 2.68 bits per heavy atom. The largest absolute Gasteiger partial charge is 0.503 e. The zero-order chi connectivity index (χ0) is 26.4. The number of furan rings is 1. The van der Waals surface area contributed by atoms with E-state index >= 15 is 0 Å². The third-order valence-electron chi connectivity index (χ3n) is 6.52. The number of amides is 1. The van der Waals surface area contributed by atoms with Gasteiger partial charge in [-0.15, -0.1) is 0 Å². The summed E-state index contributed by atoms with van der Waals surface area (Å²) in [6.45, 7) is 2.36. The number of anilines is 1. The lowest BCUT2D eigenvalue weighted by Gasteiger charge is -2.27. The van der Waals surface area contributed by atoms with Crippen molar-refractivity contribution in [2.24, 2.45) is 0 Å². The molecular weight excluding hydrogens is 490 g/mol. The Morgan fingerprint density at radius 1 is 1.05 bits per heavy atom. The van der Waals surface area contributed by atoms with Gasteiger partial charge in [-0.05, 0) is 48.9 Å². The van der Waals surface area contributed by atoms with Crippen molar-refractivity contribution < 1.29 is 38.1 Å². The average Bonchev–Trinajstić information content (AvgIpc) is 3.64. The van der Waals surface area contributed by atoms with E-state index in [0.29, 0.717) is 51.8 Å². The molecule has 2 aliphatic rings. The van der Waals surface area contributed by atoms with E-state index in [1.54, 1.807) is 66.7 Å². The van der Waals surface area contributed by atoms with Crippen molar-refractivity contribution in [2.75, 3.05) is 25.4 Å². The highest BCUT2D eigenvalue weighted by Crippen LogP contribution is 2.45. The molecule has 0 radical (unpaired) electrons. The highest BCUT2D eigenvalue weighted by atomic mass is 16.7. The third-order valence-corrected chi connectivity index (χ3v) is 6.52. The number of methoxy groups -OCH3 is 1. The average molecular weight is 514 g/mol. The van der Waals surface area contributed by atoms with Gasteiger partial charge in [-0.1, -0.05) is 24.3 Å². The minimum Gasteiger partial charge on any atom is -0.503 e. The van der Waals surface area contributed by atoms with Crippen LogP contribution < -0.4 is 23.8 Å². The molecule has 0 bridgehead atoms. The zero-order valence-electron chi connectivity index (χ0n) is 20.6. The molecule has 0 fully saturated rings. The number of Topliss-reactive ketones (excluding diaryl/α,β-unsaturated/α-hetero) is 1. The van der Waals surface area contributed by atoms with Gasteiger partial charge in [-0.3, -0.25) is 14.5 Å². The summed E-state index contributed by atoms with van der Waals surface area (Å²) in [4.78, 5) is 28.8. The maximum Gasteiger partial charge on any atom is 0.294 e. The van der Waals surface area contributed by atoms with E-state index in [1.165, 1.54) is 12.0 Å². The molecule has 9 nitrogen and oxygen atoms in total. The first-order valence-electron chi connectivity index (χ1n) is 12.0. The molecular formula is C29H23NO8. The minimum atomic E-state index is -0.967. The number of ketones is 1. The second-order valence-corrected chi connectivity index (χ2v) is 8.70. The molecule has 0 aliphatic carbocycles. The van der Waals surface area contributed by atoms with Crippen molar-refractivity contribution in [3.8, 4) is 23.0 Å².